The van der Waals surface area contributed by atoms with Crippen LogP contribution in [0.5, 0.6) is 0 Å². The fourth-order valence-corrected chi connectivity index (χ4v) is 2.06. The van der Waals surface area contributed by atoms with E-state index in [1.807, 2.05) is 6.92 Å². The molecule has 0 bridgehead atoms. The van der Waals surface area contributed by atoms with Gasteiger partial charge in [0.2, 0.25) is 5.91 Å². The minimum atomic E-state index is -0.0685. The van der Waals surface area contributed by atoms with Crippen molar-refractivity contribution in [3.8, 4) is 0 Å². The maximum absolute atomic E-state index is 11.9. The number of anilines is 1. The molecule has 19 heavy (non-hydrogen) atoms. The molecular formula is C12H20N4O3. The molecule has 106 valence electrons. The summed E-state index contributed by atoms with van der Waals surface area (Å²) in [6, 6.07) is 1.80. The molecule has 1 aliphatic rings. The molecule has 0 spiro atoms. The smallest absolute Gasteiger partial charge is 0.239 e. The number of morpholine rings is 1. The van der Waals surface area contributed by atoms with Crippen LogP contribution in [0.1, 0.15) is 5.69 Å². The van der Waals surface area contributed by atoms with Crippen LogP contribution in [-0.2, 0) is 16.1 Å². The molecule has 0 saturated carbocycles. The van der Waals surface area contributed by atoms with Crippen molar-refractivity contribution >= 4 is 11.7 Å². The van der Waals surface area contributed by atoms with Crippen LogP contribution >= 0.6 is 0 Å². The second-order valence-corrected chi connectivity index (χ2v) is 4.55. The molecule has 1 aromatic rings. The van der Waals surface area contributed by atoms with E-state index in [0.717, 1.165) is 18.8 Å². The van der Waals surface area contributed by atoms with Gasteiger partial charge in [-0.2, -0.15) is 5.10 Å². The number of rotatable bonds is 5. The van der Waals surface area contributed by atoms with Gasteiger partial charge in [-0.3, -0.25) is 9.69 Å². The van der Waals surface area contributed by atoms with Crippen molar-refractivity contribution in [3.63, 3.8) is 0 Å². The van der Waals surface area contributed by atoms with E-state index in [4.69, 9.17) is 9.84 Å². The van der Waals surface area contributed by atoms with Crippen molar-refractivity contribution in [1.29, 1.82) is 0 Å². The number of aromatic nitrogens is 2. The quantitative estimate of drug-likeness (QED) is 0.749. The molecule has 0 unspecified atom stereocenters. The van der Waals surface area contributed by atoms with Gasteiger partial charge in [0.05, 0.1) is 38.6 Å². The van der Waals surface area contributed by atoms with Gasteiger partial charge in [-0.05, 0) is 6.92 Å². The van der Waals surface area contributed by atoms with Gasteiger partial charge in [-0.1, -0.05) is 0 Å². The van der Waals surface area contributed by atoms with Gasteiger partial charge in [-0.25, -0.2) is 4.68 Å². The lowest BCUT2D eigenvalue weighted by Gasteiger charge is -2.25. The van der Waals surface area contributed by atoms with Crippen LogP contribution in [0.2, 0.25) is 0 Å². The summed E-state index contributed by atoms with van der Waals surface area (Å²) in [4.78, 5) is 14.0. The zero-order chi connectivity index (χ0) is 13.7. The monoisotopic (exact) mass is 268 g/mol. The van der Waals surface area contributed by atoms with Gasteiger partial charge in [0, 0.05) is 19.2 Å². The number of aliphatic hydroxyl groups is 1. The van der Waals surface area contributed by atoms with Gasteiger partial charge in [0.15, 0.2) is 0 Å². The van der Waals surface area contributed by atoms with E-state index in [0.29, 0.717) is 32.1 Å². The number of aliphatic hydroxyl groups excluding tert-OH is 1. The van der Waals surface area contributed by atoms with E-state index in [2.05, 4.69) is 15.3 Å². The molecule has 1 aromatic heterocycles. The summed E-state index contributed by atoms with van der Waals surface area (Å²) in [5, 5.41) is 16.0. The second kappa shape index (κ2) is 6.65. The molecule has 0 aromatic carbocycles. The number of amides is 1. The summed E-state index contributed by atoms with van der Waals surface area (Å²) in [5.74, 6) is 0.561. The van der Waals surface area contributed by atoms with Crippen molar-refractivity contribution < 1.29 is 14.6 Å². The fraction of sp³-hybridized carbons (Fsp3) is 0.667. The fourth-order valence-electron chi connectivity index (χ4n) is 2.06. The normalized spacial score (nSPS) is 16.5. The molecule has 1 aliphatic heterocycles. The van der Waals surface area contributed by atoms with E-state index in [1.165, 1.54) is 0 Å². The molecule has 7 heteroatoms. The molecule has 0 radical (unpaired) electrons. The molecule has 1 saturated heterocycles. The number of nitrogens with zero attached hydrogens (tertiary/aromatic N) is 3. The Bertz CT molecular complexity index is 427. The van der Waals surface area contributed by atoms with Crippen LogP contribution in [0, 0.1) is 6.92 Å². The third-order valence-electron chi connectivity index (χ3n) is 2.95. The number of nitrogens with one attached hydrogen (secondary N) is 1. The highest BCUT2D eigenvalue weighted by atomic mass is 16.5. The van der Waals surface area contributed by atoms with Gasteiger partial charge in [-0.15, -0.1) is 0 Å². The Labute approximate surface area is 112 Å². The summed E-state index contributed by atoms with van der Waals surface area (Å²) in [6.07, 6.45) is 0. The first-order valence-electron chi connectivity index (χ1n) is 6.44. The number of carbonyl (C=O) groups is 1. The van der Waals surface area contributed by atoms with Crippen LogP contribution in [0.4, 0.5) is 5.82 Å². The largest absolute Gasteiger partial charge is 0.394 e. The minimum absolute atomic E-state index is 0.00649. The number of carbonyl (C=O) groups excluding carboxylic acids is 1. The summed E-state index contributed by atoms with van der Waals surface area (Å²) < 4.78 is 6.84. The average Bonchev–Trinajstić information content (AvgIpc) is 2.71. The molecule has 2 heterocycles. The van der Waals surface area contributed by atoms with Crippen LogP contribution in [0.3, 0.4) is 0 Å². The zero-order valence-corrected chi connectivity index (χ0v) is 11.1. The van der Waals surface area contributed by atoms with Gasteiger partial charge >= 0.3 is 0 Å². The number of aryl methyl sites for hydroxylation is 1. The van der Waals surface area contributed by atoms with Crippen molar-refractivity contribution in [1.82, 2.24) is 14.7 Å². The average molecular weight is 268 g/mol. The highest BCUT2D eigenvalue weighted by Gasteiger charge is 2.15. The number of hydrogen-bond donors (Lipinski definition) is 2. The van der Waals surface area contributed by atoms with E-state index in [-0.39, 0.29) is 12.5 Å². The second-order valence-electron chi connectivity index (χ2n) is 4.55. The Morgan fingerprint density at radius 2 is 2.26 bits per heavy atom. The SMILES string of the molecule is Cc1cc(NC(=O)CN2CCOCC2)n(CCO)n1. The van der Waals surface area contributed by atoms with Crippen molar-refractivity contribution in [2.75, 3.05) is 44.8 Å². The number of ether oxygens (including phenoxy) is 1. The Morgan fingerprint density at radius 3 is 2.95 bits per heavy atom. The summed E-state index contributed by atoms with van der Waals surface area (Å²) in [5.41, 5.74) is 0.815. The molecule has 1 fully saturated rings. The molecule has 0 atom stereocenters. The maximum Gasteiger partial charge on any atom is 0.239 e. The third kappa shape index (κ3) is 4.02. The van der Waals surface area contributed by atoms with Gasteiger partial charge < -0.3 is 15.2 Å². The Morgan fingerprint density at radius 1 is 1.53 bits per heavy atom. The van der Waals surface area contributed by atoms with Crippen LogP contribution in [0.15, 0.2) is 6.07 Å². The first-order valence-corrected chi connectivity index (χ1v) is 6.44. The third-order valence-corrected chi connectivity index (χ3v) is 2.95. The predicted molar refractivity (Wildman–Crippen MR) is 69.9 cm³/mol. The molecular weight excluding hydrogens is 248 g/mol. The van der Waals surface area contributed by atoms with Crippen LogP contribution in [0.25, 0.3) is 0 Å². The van der Waals surface area contributed by atoms with E-state index in [1.54, 1.807) is 10.7 Å². The van der Waals surface area contributed by atoms with E-state index < -0.39 is 0 Å². The van der Waals surface area contributed by atoms with E-state index in [9.17, 15) is 4.79 Å². The number of hydrogen-bond acceptors (Lipinski definition) is 5. The molecule has 2 N–H and O–H groups in total. The first-order chi connectivity index (χ1) is 9.19. The van der Waals surface area contributed by atoms with Crippen molar-refractivity contribution in [2.24, 2.45) is 0 Å². The van der Waals surface area contributed by atoms with E-state index >= 15 is 0 Å². The van der Waals surface area contributed by atoms with Crippen molar-refractivity contribution in [3.05, 3.63) is 11.8 Å². The first kappa shape index (κ1) is 14.0. The Hall–Kier alpha value is -1.44. The lowest BCUT2D eigenvalue weighted by atomic mass is 10.4. The van der Waals surface area contributed by atoms with Gasteiger partial charge in [0.25, 0.3) is 0 Å². The molecule has 0 aliphatic carbocycles. The van der Waals surface area contributed by atoms with Crippen LogP contribution in [-0.4, -0.2) is 65.1 Å². The van der Waals surface area contributed by atoms with Gasteiger partial charge in [0.1, 0.15) is 5.82 Å². The molecule has 1 amide bonds. The zero-order valence-electron chi connectivity index (χ0n) is 11.1. The van der Waals surface area contributed by atoms with Crippen LogP contribution < -0.4 is 5.32 Å². The predicted octanol–water partition coefficient (Wildman–Crippen LogP) is -0.545. The molecule has 2 rings (SSSR count). The Kier molecular flexibility index (Phi) is 4.89. The lowest BCUT2D eigenvalue weighted by Crippen LogP contribution is -2.41. The topological polar surface area (TPSA) is 79.6 Å². The highest BCUT2D eigenvalue weighted by molar-refractivity contribution is 5.91. The Balaban J connectivity index is 1.90. The summed E-state index contributed by atoms with van der Waals surface area (Å²) in [7, 11) is 0. The molecule has 7 nitrogen and oxygen atoms in total. The maximum atomic E-state index is 11.9. The summed E-state index contributed by atoms with van der Waals surface area (Å²) in [6.45, 7) is 5.49. The standard InChI is InChI=1S/C12H20N4O3/c1-10-8-11(16(14-10)2-5-17)13-12(18)9-15-3-6-19-7-4-15/h8,17H,2-7,9H2,1H3,(H,13,18). The minimum Gasteiger partial charge on any atom is -0.394 e. The summed E-state index contributed by atoms with van der Waals surface area (Å²) >= 11 is 0. The van der Waals surface area contributed by atoms with Crippen molar-refractivity contribution in [2.45, 2.75) is 13.5 Å². The lowest BCUT2D eigenvalue weighted by molar-refractivity contribution is -0.118. The highest BCUT2D eigenvalue weighted by Crippen LogP contribution is 2.10.